The van der Waals surface area contributed by atoms with Crippen molar-refractivity contribution in [3.05, 3.63) is 11.8 Å². The molecule has 0 saturated heterocycles. The van der Waals surface area contributed by atoms with Crippen molar-refractivity contribution in [1.82, 2.24) is 10.6 Å². The van der Waals surface area contributed by atoms with Crippen LogP contribution in [0.25, 0.3) is 0 Å². The summed E-state index contributed by atoms with van der Waals surface area (Å²) in [5.74, 6) is -0.356. The van der Waals surface area contributed by atoms with E-state index in [9.17, 15) is 4.79 Å². The molecule has 1 amide bonds. The quantitative estimate of drug-likeness (QED) is 0.290. The van der Waals surface area contributed by atoms with Gasteiger partial charge < -0.3 is 20.1 Å². The molecular formula is C16H29N3O3. The van der Waals surface area contributed by atoms with Gasteiger partial charge in [-0.25, -0.2) is 0 Å². The van der Waals surface area contributed by atoms with Gasteiger partial charge >= 0.3 is 0 Å². The Kier molecular flexibility index (Phi) is 14.7. The minimum absolute atomic E-state index is 0.0864. The summed E-state index contributed by atoms with van der Waals surface area (Å²) in [4.78, 5) is 11.7. The third-order valence-corrected chi connectivity index (χ3v) is 2.82. The number of rotatable bonds is 14. The first kappa shape index (κ1) is 20.4. The number of amides is 1. The van der Waals surface area contributed by atoms with Crippen molar-refractivity contribution in [1.29, 1.82) is 5.26 Å². The summed E-state index contributed by atoms with van der Waals surface area (Å²) in [7, 11) is 0. The van der Waals surface area contributed by atoms with E-state index in [1.165, 1.54) is 6.20 Å². The minimum atomic E-state index is -0.356. The van der Waals surface area contributed by atoms with E-state index in [0.29, 0.717) is 32.9 Å². The first-order valence-corrected chi connectivity index (χ1v) is 8.03. The van der Waals surface area contributed by atoms with Crippen LogP contribution in [0.15, 0.2) is 11.8 Å². The van der Waals surface area contributed by atoms with Crippen LogP contribution in [-0.4, -0.2) is 45.4 Å². The Morgan fingerprint density at radius 2 is 1.77 bits per heavy atom. The van der Waals surface area contributed by atoms with Crippen molar-refractivity contribution in [2.24, 2.45) is 0 Å². The summed E-state index contributed by atoms with van der Waals surface area (Å²) in [6.45, 7) is 7.99. The summed E-state index contributed by atoms with van der Waals surface area (Å²) in [6.07, 6.45) is 5.25. The maximum absolute atomic E-state index is 11.7. The Balaban J connectivity index is 3.74. The fraction of sp³-hybridized carbons (Fsp3) is 0.750. The molecule has 22 heavy (non-hydrogen) atoms. The number of carbonyl (C=O) groups is 1. The number of ether oxygens (including phenoxy) is 2. The molecule has 0 atom stereocenters. The van der Waals surface area contributed by atoms with Crippen LogP contribution in [0.2, 0.25) is 0 Å². The van der Waals surface area contributed by atoms with E-state index in [0.717, 1.165) is 32.3 Å². The lowest BCUT2D eigenvalue weighted by molar-refractivity contribution is -0.117. The molecule has 0 aromatic heterocycles. The van der Waals surface area contributed by atoms with Crippen molar-refractivity contribution in [2.75, 3.05) is 39.5 Å². The SMILES string of the molecule is CCCCOCCCN/C=C(/C#N)C(=O)NCCCOCC. The van der Waals surface area contributed by atoms with Crippen molar-refractivity contribution in [3.63, 3.8) is 0 Å². The van der Waals surface area contributed by atoms with Gasteiger partial charge in [0.1, 0.15) is 11.6 Å². The highest BCUT2D eigenvalue weighted by atomic mass is 16.5. The first-order chi connectivity index (χ1) is 10.8. The summed E-state index contributed by atoms with van der Waals surface area (Å²) < 4.78 is 10.6. The van der Waals surface area contributed by atoms with Gasteiger partial charge in [0.2, 0.25) is 0 Å². The third kappa shape index (κ3) is 12.2. The van der Waals surface area contributed by atoms with Crippen molar-refractivity contribution < 1.29 is 14.3 Å². The van der Waals surface area contributed by atoms with Gasteiger partial charge in [-0.05, 0) is 26.2 Å². The van der Waals surface area contributed by atoms with E-state index < -0.39 is 0 Å². The number of hydrogen-bond acceptors (Lipinski definition) is 5. The van der Waals surface area contributed by atoms with Crippen LogP contribution in [0.3, 0.4) is 0 Å². The van der Waals surface area contributed by atoms with Gasteiger partial charge in [-0.1, -0.05) is 13.3 Å². The van der Waals surface area contributed by atoms with Gasteiger partial charge in [0.05, 0.1) is 0 Å². The molecule has 0 aliphatic heterocycles. The van der Waals surface area contributed by atoms with Crippen molar-refractivity contribution >= 4 is 5.91 Å². The van der Waals surface area contributed by atoms with Crippen molar-refractivity contribution in [2.45, 2.75) is 39.5 Å². The van der Waals surface area contributed by atoms with Gasteiger partial charge in [-0.15, -0.1) is 0 Å². The van der Waals surface area contributed by atoms with Crippen LogP contribution >= 0.6 is 0 Å². The van der Waals surface area contributed by atoms with E-state index in [1.54, 1.807) is 0 Å². The van der Waals surface area contributed by atoms with Crippen molar-refractivity contribution in [3.8, 4) is 6.07 Å². The monoisotopic (exact) mass is 311 g/mol. The van der Waals surface area contributed by atoms with E-state index in [4.69, 9.17) is 14.7 Å². The minimum Gasteiger partial charge on any atom is -0.390 e. The summed E-state index contributed by atoms with van der Waals surface area (Å²) in [5, 5.41) is 14.6. The molecule has 0 aromatic carbocycles. The maximum atomic E-state index is 11.7. The molecule has 6 heteroatoms. The number of unbranched alkanes of at least 4 members (excludes halogenated alkanes) is 1. The van der Waals surface area contributed by atoms with Gasteiger partial charge in [-0.3, -0.25) is 4.79 Å². The van der Waals surface area contributed by atoms with Crippen LogP contribution in [0, 0.1) is 11.3 Å². The van der Waals surface area contributed by atoms with Crippen LogP contribution in [-0.2, 0) is 14.3 Å². The van der Waals surface area contributed by atoms with E-state index >= 15 is 0 Å². The molecule has 0 unspecified atom stereocenters. The zero-order chi connectivity index (χ0) is 16.5. The summed E-state index contributed by atoms with van der Waals surface area (Å²) in [5.41, 5.74) is 0.0864. The molecule has 0 aliphatic rings. The molecular weight excluding hydrogens is 282 g/mol. The molecule has 0 spiro atoms. The fourth-order valence-electron chi connectivity index (χ4n) is 1.56. The molecule has 0 heterocycles. The lowest BCUT2D eigenvalue weighted by Gasteiger charge is -2.06. The molecule has 0 aliphatic carbocycles. The molecule has 6 nitrogen and oxygen atoms in total. The summed E-state index contributed by atoms with van der Waals surface area (Å²) >= 11 is 0. The van der Waals surface area contributed by atoms with Crippen LogP contribution in [0.4, 0.5) is 0 Å². The second-order valence-corrected chi connectivity index (χ2v) is 4.75. The second kappa shape index (κ2) is 15.8. The molecule has 0 saturated carbocycles. The Bertz CT molecular complexity index is 351. The van der Waals surface area contributed by atoms with E-state index in [-0.39, 0.29) is 11.5 Å². The Morgan fingerprint density at radius 3 is 2.45 bits per heavy atom. The molecule has 0 bridgehead atoms. The van der Waals surface area contributed by atoms with E-state index in [2.05, 4.69) is 17.6 Å². The second-order valence-electron chi connectivity index (χ2n) is 4.75. The number of nitriles is 1. The lowest BCUT2D eigenvalue weighted by atomic mass is 10.3. The number of carbonyl (C=O) groups excluding carboxylic acids is 1. The summed E-state index contributed by atoms with van der Waals surface area (Å²) in [6, 6.07) is 1.90. The first-order valence-electron chi connectivity index (χ1n) is 8.03. The topological polar surface area (TPSA) is 83.4 Å². The highest BCUT2D eigenvalue weighted by molar-refractivity contribution is 5.97. The Hall–Kier alpha value is -1.58. The van der Waals surface area contributed by atoms with E-state index in [1.807, 2.05) is 13.0 Å². The van der Waals surface area contributed by atoms with Gasteiger partial charge in [-0.2, -0.15) is 5.26 Å². The Labute approximate surface area is 133 Å². The highest BCUT2D eigenvalue weighted by Crippen LogP contribution is 1.92. The molecule has 0 aromatic rings. The molecule has 0 radical (unpaired) electrons. The number of hydrogen-bond donors (Lipinski definition) is 2. The smallest absolute Gasteiger partial charge is 0.263 e. The van der Waals surface area contributed by atoms with Gasteiger partial charge in [0, 0.05) is 45.7 Å². The maximum Gasteiger partial charge on any atom is 0.263 e. The molecule has 126 valence electrons. The fourth-order valence-corrected chi connectivity index (χ4v) is 1.56. The predicted octanol–water partition coefficient (Wildman–Crippen LogP) is 1.73. The number of nitrogens with zero attached hydrogens (tertiary/aromatic N) is 1. The number of nitrogens with one attached hydrogen (secondary N) is 2. The standard InChI is InChI=1S/C16H29N3O3/c1-3-5-10-22-12-6-8-18-14-15(13-17)16(20)19-9-7-11-21-4-2/h14,18H,3-12H2,1-2H3,(H,19,20)/b15-14-. The molecule has 0 rings (SSSR count). The van der Waals surface area contributed by atoms with Gasteiger partial charge in [0.15, 0.2) is 0 Å². The zero-order valence-corrected chi connectivity index (χ0v) is 13.8. The molecule has 2 N–H and O–H groups in total. The van der Waals surface area contributed by atoms with Crippen LogP contribution in [0.5, 0.6) is 0 Å². The molecule has 0 fully saturated rings. The Morgan fingerprint density at radius 1 is 1.09 bits per heavy atom. The normalized spacial score (nSPS) is 11.0. The predicted molar refractivity (Wildman–Crippen MR) is 86.2 cm³/mol. The zero-order valence-electron chi connectivity index (χ0n) is 13.8. The average Bonchev–Trinajstić information content (AvgIpc) is 2.53. The van der Waals surface area contributed by atoms with Crippen LogP contribution < -0.4 is 10.6 Å². The largest absolute Gasteiger partial charge is 0.390 e. The third-order valence-electron chi connectivity index (χ3n) is 2.82. The van der Waals surface area contributed by atoms with Gasteiger partial charge in [0.25, 0.3) is 5.91 Å². The van der Waals surface area contributed by atoms with Crippen LogP contribution in [0.1, 0.15) is 39.5 Å². The highest BCUT2D eigenvalue weighted by Gasteiger charge is 2.07. The average molecular weight is 311 g/mol. The lowest BCUT2D eigenvalue weighted by Crippen LogP contribution is -2.27.